The SMILES string of the molecule is Cc1ccc(Cl)cc1S(=O)(=O)N(C)CC(=O)N1CCNCC1. The Kier molecular flexibility index (Phi) is 5.44. The molecule has 0 spiro atoms. The molecule has 0 saturated carbocycles. The highest BCUT2D eigenvalue weighted by Crippen LogP contribution is 2.22. The third-order valence-electron chi connectivity index (χ3n) is 3.67. The van der Waals surface area contributed by atoms with Crippen molar-refractivity contribution in [3.8, 4) is 0 Å². The molecular formula is C14H20ClN3O3S. The fourth-order valence-electron chi connectivity index (χ4n) is 2.31. The maximum atomic E-state index is 12.6. The molecule has 8 heteroatoms. The number of sulfonamides is 1. The Hall–Kier alpha value is -1.15. The van der Waals surface area contributed by atoms with E-state index >= 15 is 0 Å². The van der Waals surface area contributed by atoms with Crippen molar-refractivity contribution in [3.63, 3.8) is 0 Å². The number of likely N-dealkylation sites (N-methyl/N-ethyl adjacent to an activating group) is 1. The molecule has 0 aliphatic carbocycles. The van der Waals surface area contributed by atoms with Crippen molar-refractivity contribution in [1.82, 2.24) is 14.5 Å². The smallest absolute Gasteiger partial charge is 0.243 e. The molecule has 2 rings (SSSR count). The number of aryl methyl sites for hydroxylation is 1. The van der Waals surface area contributed by atoms with Gasteiger partial charge in [0.05, 0.1) is 11.4 Å². The highest BCUT2D eigenvalue weighted by atomic mass is 35.5. The van der Waals surface area contributed by atoms with Crippen molar-refractivity contribution >= 4 is 27.5 Å². The van der Waals surface area contributed by atoms with Gasteiger partial charge in [0.1, 0.15) is 0 Å². The van der Waals surface area contributed by atoms with E-state index in [0.29, 0.717) is 23.7 Å². The van der Waals surface area contributed by atoms with Crippen LogP contribution in [0.5, 0.6) is 0 Å². The van der Waals surface area contributed by atoms with E-state index in [9.17, 15) is 13.2 Å². The minimum atomic E-state index is -3.74. The van der Waals surface area contributed by atoms with Crippen LogP contribution in [-0.4, -0.2) is 63.3 Å². The fourth-order valence-corrected chi connectivity index (χ4v) is 3.91. The number of benzene rings is 1. The van der Waals surface area contributed by atoms with Crippen LogP contribution in [0.4, 0.5) is 0 Å². The van der Waals surface area contributed by atoms with E-state index < -0.39 is 10.0 Å². The van der Waals surface area contributed by atoms with Gasteiger partial charge in [-0.25, -0.2) is 8.42 Å². The third kappa shape index (κ3) is 3.78. The zero-order valence-corrected chi connectivity index (χ0v) is 14.2. The first-order valence-corrected chi connectivity index (χ1v) is 8.85. The molecule has 0 aromatic heterocycles. The molecule has 1 N–H and O–H groups in total. The summed E-state index contributed by atoms with van der Waals surface area (Å²) in [5, 5.41) is 3.51. The number of amides is 1. The van der Waals surface area contributed by atoms with Crippen LogP contribution in [0.25, 0.3) is 0 Å². The van der Waals surface area contributed by atoms with E-state index in [4.69, 9.17) is 11.6 Å². The summed E-state index contributed by atoms with van der Waals surface area (Å²) in [5.74, 6) is -0.188. The number of nitrogens with one attached hydrogen (secondary N) is 1. The lowest BCUT2D eigenvalue weighted by atomic mass is 10.2. The van der Waals surface area contributed by atoms with Gasteiger partial charge in [-0.05, 0) is 24.6 Å². The van der Waals surface area contributed by atoms with Gasteiger partial charge in [0.25, 0.3) is 0 Å². The van der Waals surface area contributed by atoms with Crippen LogP contribution in [0.15, 0.2) is 23.1 Å². The number of rotatable bonds is 4. The number of carbonyl (C=O) groups excluding carboxylic acids is 1. The van der Waals surface area contributed by atoms with Crippen LogP contribution in [0.2, 0.25) is 5.02 Å². The van der Waals surface area contributed by atoms with Crippen LogP contribution in [0, 0.1) is 6.92 Å². The molecule has 0 radical (unpaired) electrons. The van der Waals surface area contributed by atoms with Crippen LogP contribution in [0.3, 0.4) is 0 Å². The second kappa shape index (κ2) is 6.95. The highest BCUT2D eigenvalue weighted by molar-refractivity contribution is 7.89. The zero-order chi connectivity index (χ0) is 16.3. The lowest BCUT2D eigenvalue weighted by molar-refractivity contribution is -0.131. The van der Waals surface area contributed by atoms with Crippen molar-refractivity contribution in [2.24, 2.45) is 0 Å². The molecule has 0 atom stereocenters. The minimum absolute atomic E-state index is 0.135. The number of hydrogen-bond donors (Lipinski definition) is 1. The maximum Gasteiger partial charge on any atom is 0.243 e. The van der Waals surface area contributed by atoms with Gasteiger partial charge in [0.15, 0.2) is 0 Å². The third-order valence-corrected chi connectivity index (χ3v) is 5.85. The number of carbonyl (C=O) groups is 1. The van der Waals surface area contributed by atoms with Crippen molar-refractivity contribution < 1.29 is 13.2 Å². The Balaban J connectivity index is 2.15. The molecule has 1 aliphatic rings. The Labute approximate surface area is 136 Å². The lowest BCUT2D eigenvalue weighted by Crippen LogP contribution is -2.49. The molecule has 1 saturated heterocycles. The van der Waals surface area contributed by atoms with E-state index in [1.165, 1.54) is 13.1 Å². The second-order valence-corrected chi connectivity index (χ2v) is 7.75. The average Bonchev–Trinajstić information content (AvgIpc) is 2.50. The largest absolute Gasteiger partial charge is 0.339 e. The Bertz CT molecular complexity index is 657. The van der Waals surface area contributed by atoms with E-state index in [1.54, 1.807) is 24.0 Å². The van der Waals surface area contributed by atoms with Crippen molar-refractivity contribution in [1.29, 1.82) is 0 Å². The summed E-state index contributed by atoms with van der Waals surface area (Å²) in [6.45, 7) is 4.19. The van der Waals surface area contributed by atoms with Gasteiger partial charge in [0.2, 0.25) is 15.9 Å². The summed E-state index contributed by atoms with van der Waals surface area (Å²) < 4.78 is 26.3. The molecule has 1 fully saturated rings. The molecule has 6 nitrogen and oxygen atoms in total. The minimum Gasteiger partial charge on any atom is -0.339 e. The van der Waals surface area contributed by atoms with E-state index in [1.807, 2.05) is 0 Å². The average molecular weight is 346 g/mol. The number of hydrogen-bond acceptors (Lipinski definition) is 4. The van der Waals surface area contributed by atoms with E-state index in [0.717, 1.165) is 17.4 Å². The monoisotopic (exact) mass is 345 g/mol. The van der Waals surface area contributed by atoms with Crippen LogP contribution in [0.1, 0.15) is 5.56 Å². The summed E-state index contributed by atoms with van der Waals surface area (Å²) in [5.41, 5.74) is 0.603. The standard InChI is InChI=1S/C14H20ClN3O3S/c1-11-3-4-12(15)9-13(11)22(20,21)17(2)10-14(19)18-7-5-16-6-8-18/h3-4,9,16H,5-8,10H2,1-2H3. The molecule has 1 heterocycles. The van der Waals surface area contributed by atoms with Crippen LogP contribution in [-0.2, 0) is 14.8 Å². The Morgan fingerprint density at radius 2 is 2.00 bits per heavy atom. The predicted octanol–water partition coefficient (Wildman–Crippen LogP) is 0.701. The zero-order valence-electron chi connectivity index (χ0n) is 12.7. The Morgan fingerprint density at radius 3 is 2.64 bits per heavy atom. The molecule has 0 bridgehead atoms. The van der Waals surface area contributed by atoms with Crippen molar-refractivity contribution in [2.45, 2.75) is 11.8 Å². The van der Waals surface area contributed by atoms with Crippen LogP contribution >= 0.6 is 11.6 Å². The summed E-state index contributed by atoms with van der Waals surface area (Å²) in [4.78, 5) is 14.0. The lowest BCUT2D eigenvalue weighted by Gasteiger charge is -2.29. The van der Waals surface area contributed by atoms with Gasteiger partial charge in [-0.1, -0.05) is 17.7 Å². The molecule has 122 valence electrons. The van der Waals surface area contributed by atoms with Gasteiger partial charge >= 0.3 is 0 Å². The topological polar surface area (TPSA) is 69.7 Å². The summed E-state index contributed by atoms with van der Waals surface area (Å²) in [6, 6.07) is 4.71. The first kappa shape index (κ1) is 17.2. The molecule has 22 heavy (non-hydrogen) atoms. The number of nitrogens with zero attached hydrogens (tertiary/aromatic N) is 2. The molecule has 1 aromatic carbocycles. The highest BCUT2D eigenvalue weighted by Gasteiger charge is 2.27. The van der Waals surface area contributed by atoms with Gasteiger partial charge in [-0.2, -0.15) is 4.31 Å². The van der Waals surface area contributed by atoms with Gasteiger partial charge in [-0.15, -0.1) is 0 Å². The van der Waals surface area contributed by atoms with Crippen LogP contribution < -0.4 is 5.32 Å². The molecule has 1 aromatic rings. The second-order valence-electron chi connectivity index (χ2n) is 5.30. The number of piperazine rings is 1. The summed E-state index contributed by atoms with van der Waals surface area (Å²) in [6.07, 6.45) is 0. The van der Waals surface area contributed by atoms with E-state index in [-0.39, 0.29) is 17.3 Å². The molecular weight excluding hydrogens is 326 g/mol. The fraction of sp³-hybridized carbons (Fsp3) is 0.500. The van der Waals surface area contributed by atoms with Gasteiger partial charge < -0.3 is 10.2 Å². The van der Waals surface area contributed by atoms with Crippen molar-refractivity contribution in [3.05, 3.63) is 28.8 Å². The van der Waals surface area contributed by atoms with Crippen molar-refractivity contribution in [2.75, 3.05) is 39.8 Å². The van der Waals surface area contributed by atoms with Gasteiger partial charge in [-0.3, -0.25) is 4.79 Å². The molecule has 0 unspecified atom stereocenters. The summed E-state index contributed by atoms with van der Waals surface area (Å²) >= 11 is 5.89. The Morgan fingerprint density at radius 1 is 1.36 bits per heavy atom. The number of halogens is 1. The first-order chi connectivity index (χ1) is 10.3. The van der Waals surface area contributed by atoms with E-state index in [2.05, 4.69) is 5.32 Å². The first-order valence-electron chi connectivity index (χ1n) is 7.03. The molecule has 1 aliphatic heterocycles. The molecule has 1 amide bonds. The maximum absolute atomic E-state index is 12.6. The normalized spacial score (nSPS) is 16.1. The van der Waals surface area contributed by atoms with Gasteiger partial charge in [0, 0.05) is 38.2 Å². The summed E-state index contributed by atoms with van der Waals surface area (Å²) in [7, 11) is -2.33. The predicted molar refractivity (Wildman–Crippen MR) is 85.5 cm³/mol. The quantitative estimate of drug-likeness (QED) is 0.872.